The van der Waals surface area contributed by atoms with Crippen molar-refractivity contribution in [1.82, 2.24) is 0 Å². The third-order valence-corrected chi connectivity index (χ3v) is 6.26. The van der Waals surface area contributed by atoms with Gasteiger partial charge in [0.25, 0.3) is 0 Å². The second kappa shape index (κ2) is 9.26. The van der Waals surface area contributed by atoms with Crippen LogP contribution in [0.2, 0.25) is 0 Å². The number of benzene rings is 2. The molecule has 0 aliphatic heterocycles. The third kappa shape index (κ3) is 6.17. The van der Waals surface area contributed by atoms with E-state index in [4.69, 9.17) is 15.8 Å². The highest BCUT2D eigenvalue weighted by Gasteiger charge is 2.67. The fraction of sp³-hybridized carbons (Fsp3) is 0.136. The van der Waals surface area contributed by atoms with Crippen LogP contribution in [0.3, 0.4) is 0 Å². The van der Waals surface area contributed by atoms with E-state index < -0.39 is 107 Å². The molecule has 0 aliphatic carbocycles. The van der Waals surface area contributed by atoms with Gasteiger partial charge in [-0.25, -0.2) is 0 Å². The van der Waals surface area contributed by atoms with Crippen LogP contribution in [-0.4, -0.2) is 0 Å². The van der Waals surface area contributed by atoms with Crippen molar-refractivity contribution < 1.29 is 58.9 Å². The number of alkyl halides is 9. The SMILES string of the molecule is N#CC(C#N)=c1cc(S(F)(F)(F)(F)F)/c(=C(\C#N)c2cc(C(F)(F)F)c(C#N)c(C(F)(F)F)c2)c(C#N)c1C(F)(F)F. The summed E-state index contributed by atoms with van der Waals surface area (Å²) in [6.45, 7) is 0. The Morgan fingerprint density at radius 1 is 0.595 bits per heavy atom. The van der Waals surface area contributed by atoms with Crippen LogP contribution in [0.5, 0.6) is 0 Å². The summed E-state index contributed by atoms with van der Waals surface area (Å²) in [4.78, 5) is -3.61. The van der Waals surface area contributed by atoms with Crippen molar-refractivity contribution in [3.63, 3.8) is 0 Å². The summed E-state index contributed by atoms with van der Waals surface area (Å²) in [6.07, 6.45) is -18.0. The van der Waals surface area contributed by atoms with E-state index in [1.54, 1.807) is 0 Å². The molecule has 20 heteroatoms. The fourth-order valence-electron chi connectivity index (χ4n) is 3.58. The van der Waals surface area contributed by atoms with E-state index in [9.17, 15) is 69.5 Å². The van der Waals surface area contributed by atoms with E-state index >= 15 is 0 Å². The van der Waals surface area contributed by atoms with Gasteiger partial charge in [0.1, 0.15) is 40.8 Å². The second-order valence-electron chi connectivity index (χ2n) is 7.76. The molecule has 0 N–H and O–H groups in total. The fourth-order valence-corrected chi connectivity index (χ4v) is 4.51. The standard InChI is InChI=1S/C22H3F14N5S/c23-20(24,25)15-1-9(2-16(13(15)7-40)21(26,27)28)12(6-39)18-14(8-41)19(22(29,30)31)11(10(4-37)5-38)3-17(18)42(32,33,34,35)36/h1-3H/b18-12+. The molecule has 0 amide bonds. The number of hydrogen-bond acceptors (Lipinski definition) is 5. The first-order valence-electron chi connectivity index (χ1n) is 9.78. The summed E-state index contributed by atoms with van der Waals surface area (Å²) in [7, 11) is -11.5. The molecule has 0 atom stereocenters. The lowest BCUT2D eigenvalue weighted by molar-refractivity contribution is -0.143. The normalized spacial score (nSPS) is 14.6. The Kier molecular flexibility index (Phi) is 7.32. The lowest BCUT2D eigenvalue weighted by Gasteiger charge is -2.41. The molecule has 5 nitrogen and oxygen atoms in total. The van der Waals surface area contributed by atoms with Gasteiger partial charge in [0.05, 0.1) is 33.4 Å². The molecule has 0 spiro atoms. The molecule has 0 bridgehead atoms. The number of hydrogen-bond donors (Lipinski definition) is 0. The van der Waals surface area contributed by atoms with E-state index in [0.717, 1.165) is 0 Å². The molecule has 0 saturated heterocycles. The second-order valence-corrected chi connectivity index (χ2v) is 10.1. The van der Waals surface area contributed by atoms with E-state index in [1.807, 2.05) is 0 Å². The third-order valence-electron chi connectivity index (χ3n) is 5.11. The molecule has 0 aliphatic rings. The number of nitrogens with zero attached hydrogens (tertiary/aromatic N) is 5. The van der Waals surface area contributed by atoms with Gasteiger partial charge in [0, 0.05) is 10.4 Å². The Bertz CT molecular complexity index is 1810. The van der Waals surface area contributed by atoms with E-state index in [-0.39, 0.29) is 0 Å². The maximum absolute atomic E-state index is 14.2. The first-order chi connectivity index (χ1) is 18.7. The van der Waals surface area contributed by atoms with Gasteiger partial charge in [-0.1, -0.05) is 19.4 Å². The van der Waals surface area contributed by atoms with Crippen LogP contribution in [0.1, 0.15) is 33.4 Å². The molecule has 2 aromatic carbocycles. The molecule has 42 heavy (non-hydrogen) atoms. The van der Waals surface area contributed by atoms with Crippen LogP contribution in [0.4, 0.5) is 58.9 Å². The predicted octanol–water partition coefficient (Wildman–Crippen LogP) is 7.06. The van der Waals surface area contributed by atoms with Crippen molar-refractivity contribution in [2.45, 2.75) is 23.4 Å². The number of rotatable bonds is 2. The summed E-state index contributed by atoms with van der Waals surface area (Å²) in [5, 5.41) is 40.5. The summed E-state index contributed by atoms with van der Waals surface area (Å²) < 4.78 is 194. The van der Waals surface area contributed by atoms with Crippen LogP contribution in [-0.2, 0) is 18.5 Å². The molecule has 0 saturated carbocycles. The molecule has 0 fully saturated rings. The van der Waals surface area contributed by atoms with Gasteiger partial charge >= 0.3 is 28.8 Å². The van der Waals surface area contributed by atoms with Gasteiger partial charge in [-0.3, -0.25) is 0 Å². The first-order valence-corrected chi connectivity index (χ1v) is 11.7. The molecule has 0 radical (unpaired) electrons. The van der Waals surface area contributed by atoms with Crippen LogP contribution in [0.15, 0.2) is 23.1 Å². The lowest BCUT2D eigenvalue weighted by atomic mass is 9.91. The summed E-state index contributed by atoms with van der Waals surface area (Å²) in [5.41, 5.74) is -18.9. The van der Waals surface area contributed by atoms with Crippen molar-refractivity contribution in [2.24, 2.45) is 0 Å². The highest BCUT2D eigenvalue weighted by atomic mass is 32.5. The monoisotopic (exact) mass is 635 g/mol. The van der Waals surface area contributed by atoms with Crippen LogP contribution in [0.25, 0.3) is 11.1 Å². The summed E-state index contributed by atoms with van der Waals surface area (Å²) >= 11 is 0. The van der Waals surface area contributed by atoms with Crippen LogP contribution >= 0.6 is 10.2 Å². The van der Waals surface area contributed by atoms with Gasteiger partial charge in [-0.15, -0.1) is 0 Å². The molecule has 2 aromatic rings. The highest BCUT2D eigenvalue weighted by molar-refractivity contribution is 8.45. The Hall–Kier alpha value is -5.00. The molecule has 220 valence electrons. The van der Waals surface area contributed by atoms with Crippen LogP contribution < -0.4 is 10.4 Å². The topological polar surface area (TPSA) is 119 Å². The minimum absolute atomic E-state index is 0.423. The van der Waals surface area contributed by atoms with Gasteiger partial charge < -0.3 is 0 Å². The Morgan fingerprint density at radius 3 is 1.31 bits per heavy atom. The van der Waals surface area contributed by atoms with E-state index in [1.165, 1.54) is 0 Å². The minimum atomic E-state index is -11.5. The predicted molar refractivity (Wildman–Crippen MR) is 111 cm³/mol. The first kappa shape index (κ1) is 33.2. The van der Waals surface area contributed by atoms with Crippen molar-refractivity contribution in [1.29, 1.82) is 26.3 Å². The zero-order valence-electron chi connectivity index (χ0n) is 19.2. The van der Waals surface area contributed by atoms with Gasteiger partial charge in [0.2, 0.25) is 0 Å². The minimum Gasteiger partial charge on any atom is -0.192 e. The van der Waals surface area contributed by atoms with Gasteiger partial charge in [0.15, 0.2) is 0 Å². The average Bonchev–Trinajstić information content (AvgIpc) is 2.81. The van der Waals surface area contributed by atoms with Crippen molar-refractivity contribution in [2.75, 3.05) is 0 Å². The molecule has 0 aromatic heterocycles. The number of nitriles is 5. The van der Waals surface area contributed by atoms with Gasteiger partial charge in [-0.05, 0) is 23.8 Å². The Balaban J connectivity index is 3.73. The summed E-state index contributed by atoms with van der Waals surface area (Å²) in [6, 6.07) is 0.534. The van der Waals surface area contributed by atoms with Crippen molar-refractivity contribution >= 4 is 21.4 Å². The van der Waals surface area contributed by atoms with Gasteiger partial charge in [-0.2, -0.15) is 65.8 Å². The molecule has 0 unspecified atom stereocenters. The van der Waals surface area contributed by atoms with Crippen LogP contribution in [0, 0.1) is 56.7 Å². The quantitative estimate of drug-likeness (QED) is 0.328. The zero-order chi connectivity index (χ0) is 32.9. The average molecular weight is 635 g/mol. The molecular weight excluding hydrogens is 632 g/mol. The van der Waals surface area contributed by atoms with E-state index in [2.05, 4.69) is 0 Å². The zero-order valence-corrected chi connectivity index (χ0v) is 20.0. The molecular formula is C22H3F14N5S. The lowest BCUT2D eigenvalue weighted by Crippen LogP contribution is -2.34. The van der Waals surface area contributed by atoms with Crippen molar-refractivity contribution in [3.8, 4) is 30.3 Å². The highest BCUT2D eigenvalue weighted by Crippen LogP contribution is 3.01. The smallest absolute Gasteiger partial charge is 0.192 e. The number of halogens is 14. The largest absolute Gasteiger partial charge is 0.418 e. The van der Waals surface area contributed by atoms with Crippen molar-refractivity contribution in [3.05, 3.63) is 62.0 Å². The van der Waals surface area contributed by atoms with E-state index in [0.29, 0.717) is 30.3 Å². The summed E-state index contributed by atoms with van der Waals surface area (Å²) in [5.74, 6) is 0. The maximum atomic E-state index is 14.2. The molecule has 2 rings (SSSR count). The molecule has 0 heterocycles. The Labute approximate surface area is 223 Å². The Morgan fingerprint density at radius 2 is 1.02 bits per heavy atom. The maximum Gasteiger partial charge on any atom is 0.418 e.